The maximum absolute atomic E-state index is 12.2. The standard InChI is InChI=1S/C17H15ClN4O4S/c1-10(16(23)20-21-17(24)11-6-2-4-8-13(11)18)19-15-12-7-3-5-9-14(12)27(25,26)22-15/h2-10H,1H3,(H,19,22)(H,20,23)(H,21,24)/t10-/m0/s1. The first-order chi connectivity index (χ1) is 12.8. The predicted molar refractivity (Wildman–Crippen MR) is 99.8 cm³/mol. The summed E-state index contributed by atoms with van der Waals surface area (Å²) < 4.78 is 26.4. The Morgan fingerprint density at radius 2 is 1.74 bits per heavy atom. The number of hydrogen-bond donors (Lipinski definition) is 3. The summed E-state index contributed by atoms with van der Waals surface area (Å²) in [6.45, 7) is 1.47. The Morgan fingerprint density at radius 1 is 1.07 bits per heavy atom. The van der Waals surface area contributed by atoms with Gasteiger partial charge in [0.1, 0.15) is 11.9 Å². The number of sulfonamides is 1. The molecular weight excluding hydrogens is 392 g/mol. The highest BCUT2D eigenvalue weighted by Crippen LogP contribution is 2.22. The first kappa shape index (κ1) is 18.9. The molecule has 2 aromatic carbocycles. The van der Waals surface area contributed by atoms with Crippen LogP contribution in [0.3, 0.4) is 0 Å². The minimum absolute atomic E-state index is 0.0747. The summed E-state index contributed by atoms with van der Waals surface area (Å²) >= 11 is 5.92. The minimum atomic E-state index is -3.69. The molecule has 1 aliphatic heterocycles. The fourth-order valence-corrected chi connectivity index (χ4v) is 3.88. The highest BCUT2D eigenvalue weighted by Gasteiger charge is 2.31. The molecule has 1 aliphatic rings. The number of hydrazine groups is 1. The number of aliphatic imine (C=N–C) groups is 1. The lowest BCUT2D eigenvalue weighted by Gasteiger charge is -2.11. The average Bonchev–Trinajstić information content (AvgIpc) is 2.90. The number of amidine groups is 1. The molecule has 2 aromatic rings. The Balaban J connectivity index is 1.69. The van der Waals surface area contributed by atoms with Gasteiger partial charge in [0.2, 0.25) is 0 Å². The number of benzene rings is 2. The molecule has 2 amide bonds. The minimum Gasteiger partial charge on any atom is -0.271 e. The fourth-order valence-electron chi connectivity index (χ4n) is 2.42. The van der Waals surface area contributed by atoms with Crippen molar-refractivity contribution in [2.24, 2.45) is 4.99 Å². The molecule has 1 heterocycles. The van der Waals surface area contributed by atoms with Crippen LogP contribution in [0.1, 0.15) is 22.8 Å². The van der Waals surface area contributed by atoms with Gasteiger partial charge in [-0.2, -0.15) is 0 Å². The Morgan fingerprint density at radius 3 is 2.48 bits per heavy atom. The molecule has 0 spiro atoms. The van der Waals surface area contributed by atoms with E-state index in [4.69, 9.17) is 11.6 Å². The van der Waals surface area contributed by atoms with Gasteiger partial charge in [-0.3, -0.25) is 30.2 Å². The number of rotatable bonds is 3. The zero-order valence-electron chi connectivity index (χ0n) is 14.1. The van der Waals surface area contributed by atoms with Crippen molar-refractivity contribution >= 4 is 39.3 Å². The van der Waals surface area contributed by atoms with Crippen LogP contribution < -0.4 is 15.6 Å². The van der Waals surface area contributed by atoms with Gasteiger partial charge < -0.3 is 0 Å². The summed E-state index contributed by atoms with van der Waals surface area (Å²) in [5, 5.41) is 0.245. The van der Waals surface area contributed by atoms with Gasteiger partial charge in [0.25, 0.3) is 21.8 Å². The lowest BCUT2D eigenvalue weighted by atomic mass is 10.2. The van der Waals surface area contributed by atoms with E-state index in [9.17, 15) is 18.0 Å². The third-order valence-corrected chi connectivity index (χ3v) is 5.51. The maximum Gasteiger partial charge on any atom is 0.271 e. The number of hydrogen-bond acceptors (Lipinski definition) is 5. The van der Waals surface area contributed by atoms with E-state index in [1.54, 1.807) is 36.4 Å². The van der Waals surface area contributed by atoms with Crippen molar-refractivity contribution in [2.45, 2.75) is 17.9 Å². The Labute approximate surface area is 160 Å². The van der Waals surface area contributed by atoms with E-state index in [0.717, 1.165) is 0 Å². The van der Waals surface area contributed by atoms with Crippen LogP contribution in [-0.4, -0.2) is 32.1 Å². The quantitative estimate of drug-likeness (QED) is 0.664. The topological polar surface area (TPSA) is 117 Å². The predicted octanol–water partition coefficient (Wildman–Crippen LogP) is 1.23. The number of halogens is 1. The number of nitrogens with one attached hydrogen (secondary N) is 3. The van der Waals surface area contributed by atoms with Gasteiger partial charge in [0, 0.05) is 5.56 Å². The molecule has 0 aliphatic carbocycles. The fraction of sp³-hybridized carbons (Fsp3) is 0.118. The van der Waals surface area contributed by atoms with Gasteiger partial charge in [-0.05, 0) is 31.2 Å². The second-order valence-corrected chi connectivity index (χ2v) is 7.74. The first-order valence-electron chi connectivity index (χ1n) is 7.84. The zero-order chi connectivity index (χ0) is 19.6. The zero-order valence-corrected chi connectivity index (χ0v) is 15.6. The monoisotopic (exact) mass is 406 g/mol. The smallest absolute Gasteiger partial charge is 0.271 e. The van der Waals surface area contributed by atoms with Crippen molar-refractivity contribution in [1.29, 1.82) is 0 Å². The highest BCUT2D eigenvalue weighted by molar-refractivity contribution is 7.90. The molecule has 0 unspecified atom stereocenters. The summed E-state index contributed by atoms with van der Waals surface area (Å²) in [5.41, 5.74) is 5.09. The van der Waals surface area contributed by atoms with Crippen LogP contribution in [0.2, 0.25) is 5.02 Å². The summed E-state index contributed by atoms with van der Waals surface area (Å²) in [6, 6.07) is 11.7. The van der Waals surface area contributed by atoms with Gasteiger partial charge in [-0.1, -0.05) is 35.9 Å². The molecule has 0 saturated heterocycles. The third kappa shape index (κ3) is 3.93. The van der Waals surface area contributed by atoms with Gasteiger partial charge in [-0.25, -0.2) is 8.42 Å². The van der Waals surface area contributed by atoms with Crippen LogP contribution in [0.4, 0.5) is 0 Å². The molecule has 27 heavy (non-hydrogen) atoms. The van der Waals surface area contributed by atoms with E-state index in [1.807, 2.05) is 0 Å². The van der Waals surface area contributed by atoms with Crippen LogP contribution >= 0.6 is 11.6 Å². The molecule has 0 aromatic heterocycles. The number of carbonyl (C=O) groups excluding carboxylic acids is 2. The van der Waals surface area contributed by atoms with Crippen molar-refractivity contribution in [3.8, 4) is 0 Å². The van der Waals surface area contributed by atoms with E-state index in [1.165, 1.54) is 19.1 Å². The molecule has 140 valence electrons. The van der Waals surface area contributed by atoms with Crippen LogP contribution in [-0.2, 0) is 14.8 Å². The second kappa shape index (κ2) is 7.37. The first-order valence-corrected chi connectivity index (χ1v) is 9.70. The number of carbonyl (C=O) groups is 2. The number of nitrogens with zero attached hydrogens (tertiary/aromatic N) is 1. The van der Waals surface area contributed by atoms with Crippen LogP contribution in [0.25, 0.3) is 0 Å². The average molecular weight is 407 g/mol. The van der Waals surface area contributed by atoms with Crippen molar-refractivity contribution in [1.82, 2.24) is 15.6 Å². The normalized spacial score (nSPS) is 16.9. The third-order valence-electron chi connectivity index (χ3n) is 3.78. The van der Waals surface area contributed by atoms with Gasteiger partial charge in [0.05, 0.1) is 15.5 Å². The van der Waals surface area contributed by atoms with Crippen molar-refractivity contribution in [3.05, 3.63) is 64.7 Å². The van der Waals surface area contributed by atoms with E-state index in [2.05, 4.69) is 20.6 Å². The van der Waals surface area contributed by atoms with Crippen molar-refractivity contribution in [3.63, 3.8) is 0 Å². The van der Waals surface area contributed by atoms with E-state index < -0.39 is 27.9 Å². The lowest BCUT2D eigenvalue weighted by molar-refractivity contribution is -0.122. The molecule has 3 rings (SSSR count). The molecular formula is C17H15ClN4O4S. The van der Waals surface area contributed by atoms with E-state index >= 15 is 0 Å². The molecule has 8 nitrogen and oxygen atoms in total. The summed E-state index contributed by atoms with van der Waals surface area (Å²) in [6.07, 6.45) is 0. The SMILES string of the molecule is C[C@H](N=C1NS(=O)(=O)c2ccccc21)C(=O)NNC(=O)c1ccccc1Cl. The Bertz CT molecular complexity index is 1050. The largest absolute Gasteiger partial charge is 0.271 e. The Hall–Kier alpha value is -2.91. The molecule has 10 heteroatoms. The second-order valence-electron chi connectivity index (χ2n) is 5.68. The molecule has 3 N–H and O–H groups in total. The summed E-state index contributed by atoms with van der Waals surface area (Å²) in [5.74, 6) is -1.13. The van der Waals surface area contributed by atoms with Crippen molar-refractivity contribution in [2.75, 3.05) is 0 Å². The van der Waals surface area contributed by atoms with E-state index in [0.29, 0.717) is 5.56 Å². The van der Waals surface area contributed by atoms with Crippen molar-refractivity contribution < 1.29 is 18.0 Å². The van der Waals surface area contributed by atoms with Crippen LogP contribution in [0.5, 0.6) is 0 Å². The molecule has 0 radical (unpaired) electrons. The van der Waals surface area contributed by atoms with Gasteiger partial charge in [0.15, 0.2) is 0 Å². The molecule has 0 bridgehead atoms. The summed E-state index contributed by atoms with van der Waals surface area (Å²) in [7, 11) is -3.69. The summed E-state index contributed by atoms with van der Waals surface area (Å²) in [4.78, 5) is 28.4. The van der Waals surface area contributed by atoms with Crippen LogP contribution in [0, 0.1) is 0 Å². The molecule has 0 fully saturated rings. The molecule has 1 atom stereocenters. The molecule has 0 saturated carbocycles. The maximum atomic E-state index is 12.2. The lowest BCUT2D eigenvalue weighted by Crippen LogP contribution is -2.45. The Kier molecular flexibility index (Phi) is 5.15. The van der Waals surface area contributed by atoms with Gasteiger partial charge in [-0.15, -0.1) is 0 Å². The number of amides is 2. The highest BCUT2D eigenvalue weighted by atomic mass is 35.5. The van der Waals surface area contributed by atoms with E-state index in [-0.39, 0.29) is 21.3 Å². The van der Waals surface area contributed by atoms with Gasteiger partial charge >= 0.3 is 0 Å². The van der Waals surface area contributed by atoms with Crippen LogP contribution in [0.15, 0.2) is 58.4 Å². The number of fused-ring (bicyclic) bond motifs is 1.